The third-order valence-corrected chi connectivity index (χ3v) is 6.63. The standard InChI is InChI=1S/C13H26N2O2S/c1-10(2)18(16,17)15-11-6-7-12(15)9-14(8-11)13(3,4)5/h10-12H,6-9H2,1-5H3. The monoisotopic (exact) mass is 274 g/mol. The Morgan fingerprint density at radius 3 is 1.83 bits per heavy atom. The Morgan fingerprint density at radius 1 is 1.06 bits per heavy atom. The molecule has 0 aromatic heterocycles. The molecule has 2 unspecified atom stereocenters. The lowest BCUT2D eigenvalue weighted by Gasteiger charge is -2.46. The van der Waals surface area contributed by atoms with Crippen LogP contribution in [0, 0.1) is 0 Å². The zero-order valence-corrected chi connectivity index (χ0v) is 13.0. The van der Waals surface area contributed by atoms with Crippen LogP contribution in [0.4, 0.5) is 0 Å². The molecular weight excluding hydrogens is 248 g/mol. The predicted octanol–water partition coefficient (Wildman–Crippen LogP) is 1.67. The molecule has 2 heterocycles. The maximum Gasteiger partial charge on any atom is 0.217 e. The van der Waals surface area contributed by atoms with Crippen LogP contribution >= 0.6 is 0 Å². The highest BCUT2D eigenvalue weighted by Gasteiger charge is 2.48. The summed E-state index contributed by atoms with van der Waals surface area (Å²) in [5.74, 6) is 0. The topological polar surface area (TPSA) is 40.6 Å². The van der Waals surface area contributed by atoms with Crippen LogP contribution in [0.2, 0.25) is 0 Å². The van der Waals surface area contributed by atoms with Gasteiger partial charge in [0.15, 0.2) is 0 Å². The first kappa shape index (κ1) is 14.3. The molecule has 5 heteroatoms. The summed E-state index contributed by atoms with van der Waals surface area (Å²) >= 11 is 0. The van der Waals surface area contributed by atoms with Crippen LogP contribution in [0.1, 0.15) is 47.5 Å². The van der Waals surface area contributed by atoms with Crippen molar-refractivity contribution in [2.75, 3.05) is 13.1 Å². The fraction of sp³-hybridized carbons (Fsp3) is 1.00. The van der Waals surface area contributed by atoms with E-state index in [4.69, 9.17) is 0 Å². The molecule has 2 aliphatic rings. The van der Waals surface area contributed by atoms with Crippen molar-refractivity contribution in [3.63, 3.8) is 0 Å². The third kappa shape index (κ3) is 2.32. The predicted molar refractivity (Wildman–Crippen MR) is 74.0 cm³/mol. The molecule has 2 fully saturated rings. The first-order valence-corrected chi connectivity index (χ1v) is 8.41. The smallest absolute Gasteiger partial charge is 0.217 e. The lowest BCUT2D eigenvalue weighted by molar-refractivity contribution is 0.0543. The van der Waals surface area contributed by atoms with E-state index in [9.17, 15) is 8.42 Å². The van der Waals surface area contributed by atoms with Gasteiger partial charge in [-0.1, -0.05) is 0 Å². The van der Waals surface area contributed by atoms with Crippen molar-refractivity contribution in [2.24, 2.45) is 0 Å². The van der Waals surface area contributed by atoms with Gasteiger partial charge in [0.25, 0.3) is 0 Å². The van der Waals surface area contributed by atoms with Gasteiger partial charge in [-0.25, -0.2) is 8.42 Å². The van der Waals surface area contributed by atoms with E-state index < -0.39 is 10.0 Å². The number of likely N-dealkylation sites (tertiary alicyclic amines) is 1. The van der Waals surface area contributed by atoms with Crippen LogP contribution < -0.4 is 0 Å². The van der Waals surface area contributed by atoms with Gasteiger partial charge >= 0.3 is 0 Å². The first-order valence-electron chi connectivity index (χ1n) is 6.91. The molecule has 2 aliphatic heterocycles. The second-order valence-electron chi connectivity index (χ2n) is 6.88. The summed E-state index contributed by atoms with van der Waals surface area (Å²) in [7, 11) is -3.10. The van der Waals surface area contributed by atoms with Gasteiger partial charge in [0.1, 0.15) is 0 Å². The number of sulfonamides is 1. The average molecular weight is 274 g/mol. The Hall–Kier alpha value is -0.130. The zero-order chi connectivity index (χ0) is 13.7. The van der Waals surface area contributed by atoms with Gasteiger partial charge in [-0.2, -0.15) is 4.31 Å². The van der Waals surface area contributed by atoms with Gasteiger partial charge in [-0.3, -0.25) is 4.90 Å². The summed E-state index contributed by atoms with van der Waals surface area (Å²) in [6.45, 7) is 11.9. The van der Waals surface area contributed by atoms with Gasteiger partial charge < -0.3 is 0 Å². The van der Waals surface area contributed by atoms with Gasteiger partial charge in [0.2, 0.25) is 10.0 Å². The lowest BCUT2D eigenvalue weighted by Crippen LogP contribution is -2.60. The summed E-state index contributed by atoms with van der Waals surface area (Å²) in [6.07, 6.45) is 2.03. The van der Waals surface area contributed by atoms with Crippen molar-refractivity contribution in [3.05, 3.63) is 0 Å². The van der Waals surface area contributed by atoms with Crippen LogP contribution in [0.5, 0.6) is 0 Å². The molecule has 2 rings (SSSR count). The molecule has 0 aliphatic carbocycles. The van der Waals surface area contributed by atoms with Crippen LogP contribution in [-0.4, -0.2) is 53.6 Å². The molecule has 18 heavy (non-hydrogen) atoms. The summed E-state index contributed by atoms with van der Waals surface area (Å²) in [5.41, 5.74) is 0.133. The van der Waals surface area contributed by atoms with Gasteiger partial charge in [-0.05, 0) is 47.5 Å². The molecule has 2 saturated heterocycles. The highest BCUT2D eigenvalue weighted by Crippen LogP contribution is 2.36. The number of nitrogens with zero attached hydrogens (tertiary/aromatic N) is 2. The lowest BCUT2D eigenvalue weighted by atomic mass is 10.0. The molecule has 106 valence electrons. The highest BCUT2D eigenvalue weighted by molar-refractivity contribution is 7.89. The summed E-state index contributed by atoms with van der Waals surface area (Å²) < 4.78 is 26.6. The minimum absolute atomic E-state index is 0.133. The fourth-order valence-corrected chi connectivity index (χ4v) is 4.73. The van der Waals surface area contributed by atoms with Crippen molar-refractivity contribution >= 4 is 10.0 Å². The molecular formula is C13H26N2O2S. The van der Waals surface area contributed by atoms with E-state index in [1.54, 1.807) is 13.8 Å². The summed E-state index contributed by atoms with van der Waals surface area (Å²) in [5, 5.41) is -0.304. The summed E-state index contributed by atoms with van der Waals surface area (Å²) in [6, 6.07) is 0.380. The van der Waals surface area contributed by atoms with Crippen LogP contribution in [0.15, 0.2) is 0 Å². The maximum atomic E-state index is 12.4. The molecule has 0 N–H and O–H groups in total. The van der Waals surface area contributed by atoms with Crippen molar-refractivity contribution < 1.29 is 8.42 Å². The van der Waals surface area contributed by atoms with Crippen molar-refractivity contribution in [1.29, 1.82) is 0 Å². The number of fused-ring (bicyclic) bond motifs is 2. The molecule has 2 bridgehead atoms. The van der Waals surface area contributed by atoms with E-state index in [0.29, 0.717) is 0 Å². The average Bonchev–Trinajstić information content (AvgIpc) is 2.49. The second-order valence-corrected chi connectivity index (χ2v) is 9.28. The maximum absolute atomic E-state index is 12.4. The third-order valence-electron chi connectivity index (χ3n) is 4.25. The Morgan fingerprint density at radius 2 is 1.50 bits per heavy atom. The first-order chi connectivity index (χ1) is 8.14. The van der Waals surface area contributed by atoms with Crippen LogP contribution in [0.25, 0.3) is 0 Å². The van der Waals surface area contributed by atoms with Crippen molar-refractivity contribution in [3.8, 4) is 0 Å². The molecule has 0 aromatic rings. The van der Waals surface area contributed by atoms with E-state index in [1.807, 2.05) is 4.31 Å². The van der Waals surface area contributed by atoms with Crippen molar-refractivity contribution in [2.45, 2.75) is 70.3 Å². The van der Waals surface area contributed by atoms with E-state index in [2.05, 4.69) is 25.7 Å². The molecule has 4 nitrogen and oxygen atoms in total. The number of hydrogen-bond acceptors (Lipinski definition) is 3. The number of rotatable bonds is 2. The Bertz CT molecular complexity index is 397. The Kier molecular flexibility index (Phi) is 3.54. The molecule has 2 atom stereocenters. The number of hydrogen-bond donors (Lipinski definition) is 0. The van der Waals surface area contributed by atoms with Gasteiger partial charge in [-0.15, -0.1) is 0 Å². The largest absolute Gasteiger partial charge is 0.295 e. The van der Waals surface area contributed by atoms with Crippen molar-refractivity contribution in [1.82, 2.24) is 9.21 Å². The summed E-state index contributed by atoms with van der Waals surface area (Å²) in [4.78, 5) is 2.43. The van der Waals surface area contributed by atoms with E-state index in [1.165, 1.54) is 0 Å². The van der Waals surface area contributed by atoms with E-state index >= 15 is 0 Å². The van der Waals surface area contributed by atoms with Gasteiger partial charge in [0, 0.05) is 30.7 Å². The minimum Gasteiger partial charge on any atom is -0.295 e. The highest BCUT2D eigenvalue weighted by atomic mass is 32.2. The molecule has 0 saturated carbocycles. The minimum atomic E-state index is -3.10. The second kappa shape index (κ2) is 4.46. The Labute approximate surface area is 111 Å². The van der Waals surface area contributed by atoms with Gasteiger partial charge in [0.05, 0.1) is 5.25 Å². The van der Waals surface area contributed by atoms with E-state index in [-0.39, 0.29) is 22.9 Å². The zero-order valence-electron chi connectivity index (χ0n) is 12.2. The normalized spacial score (nSPS) is 31.2. The molecule has 0 amide bonds. The van der Waals surface area contributed by atoms with E-state index in [0.717, 1.165) is 25.9 Å². The SMILES string of the molecule is CC(C)S(=O)(=O)N1C2CCC1CN(C(C)(C)C)C2. The fourth-order valence-electron chi connectivity index (χ4n) is 3.07. The number of piperazine rings is 1. The van der Waals surface area contributed by atoms with Crippen LogP contribution in [0.3, 0.4) is 0 Å². The molecule has 0 spiro atoms. The quantitative estimate of drug-likeness (QED) is 0.769. The Balaban J connectivity index is 2.22. The molecule has 0 radical (unpaired) electrons. The van der Waals surface area contributed by atoms with Crippen LogP contribution in [-0.2, 0) is 10.0 Å². The molecule has 0 aromatic carbocycles.